The maximum atomic E-state index is 13.4. The molecule has 0 fully saturated rings. The number of ether oxygens (including phenoxy) is 1. The molecule has 26 heavy (non-hydrogen) atoms. The quantitative estimate of drug-likeness (QED) is 0.722. The number of halogens is 3. The number of hydrogen-bond acceptors (Lipinski definition) is 4. The van der Waals surface area contributed by atoms with Gasteiger partial charge in [-0.15, -0.1) is 0 Å². The van der Waals surface area contributed by atoms with Gasteiger partial charge in [-0.05, 0) is 24.8 Å². The van der Waals surface area contributed by atoms with Gasteiger partial charge in [0.2, 0.25) is 0 Å². The van der Waals surface area contributed by atoms with E-state index in [1.54, 1.807) is 12.1 Å². The van der Waals surface area contributed by atoms with Crippen LogP contribution in [0.25, 0.3) is 11.4 Å². The third-order valence-corrected chi connectivity index (χ3v) is 3.85. The molecule has 0 saturated carbocycles. The molecule has 0 spiro atoms. The van der Waals surface area contributed by atoms with Crippen molar-refractivity contribution in [3.63, 3.8) is 0 Å². The monoisotopic (exact) mass is 366 g/mol. The molecule has 140 valence electrons. The van der Waals surface area contributed by atoms with Crippen molar-refractivity contribution in [3.05, 3.63) is 46.8 Å². The minimum Gasteiger partial charge on any atom is -0.462 e. The lowest BCUT2D eigenvalue weighted by Crippen LogP contribution is -2.20. The Balaban J connectivity index is 2.58. The molecule has 0 amide bonds. The fourth-order valence-electron chi connectivity index (χ4n) is 2.47. The van der Waals surface area contributed by atoms with Crippen molar-refractivity contribution in [2.75, 3.05) is 6.61 Å². The predicted octanol–water partition coefficient (Wildman–Crippen LogP) is 4.95. The number of carbonyl (C=O) groups is 1. The molecule has 0 aliphatic carbocycles. The van der Waals surface area contributed by atoms with Crippen LogP contribution in [-0.4, -0.2) is 22.5 Å². The van der Waals surface area contributed by atoms with E-state index in [2.05, 4.69) is 9.97 Å². The fourth-order valence-corrected chi connectivity index (χ4v) is 2.47. The van der Waals surface area contributed by atoms with Gasteiger partial charge in [0, 0.05) is 5.56 Å². The Labute approximate surface area is 150 Å². The Bertz CT molecular complexity index is 807. The number of hydrogen-bond donors (Lipinski definition) is 0. The molecule has 1 aromatic carbocycles. The van der Waals surface area contributed by atoms with Crippen LogP contribution in [0.4, 0.5) is 13.2 Å². The summed E-state index contributed by atoms with van der Waals surface area (Å²) in [6.07, 6.45) is -4.80. The van der Waals surface area contributed by atoms with Crippen LogP contribution < -0.4 is 0 Å². The number of aryl methyl sites for hydroxylation is 1. The number of alkyl halides is 3. The average Bonchev–Trinajstić information content (AvgIpc) is 2.52. The van der Waals surface area contributed by atoms with Crippen LogP contribution in [0.3, 0.4) is 0 Å². The van der Waals surface area contributed by atoms with Gasteiger partial charge < -0.3 is 4.74 Å². The van der Waals surface area contributed by atoms with E-state index in [-0.39, 0.29) is 23.5 Å². The zero-order chi connectivity index (χ0) is 19.7. The van der Waals surface area contributed by atoms with E-state index in [0.717, 1.165) is 5.56 Å². The second-order valence-electron chi connectivity index (χ2n) is 6.90. The Morgan fingerprint density at radius 2 is 1.65 bits per heavy atom. The molecule has 0 aliphatic heterocycles. The van der Waals surface area contributed by atoms with E-state index in [9.17, 15) is 18.0 Å². The molecule has 1 heterocycles. The van der Waals surface area contributed by atoms with Gasteiger partial charge in [0.05, 0.1) is 12.3 Å². The molecule has 2 aromatic rings. The Morgan fingerprint density at radius 1 is 1.08 bits per heavy atom. The first-order chi connectivity index (χ1) is 11.9. The van der Waals surface area contributed by atoms with E-state index in [1.165, 1.54) is 13.8 Å². The van der Waals surface area contributed by atoms with Gasteiger partial charge in [-0.1, -0.05) is 45.0 Å². The second-order valence-corrected chi connectivity index (χ2v) is 6.90. The highest BCUT2D eigenvalue weighted by Gasteiger charge is 2.40. The lowest BCUT2D eigenvalue weighted by Gasteiger charge is -2.19. The van der Waals surface area contributed by atoms with Gasteiger partial charge >= 0.3 is 12.1 Å². The molecule has 4 nitrogen and oxygen atoms in total. The molecule has 2 rings (SSSR count). The number of benzene rings is 1. The first-order valence-corrected chi connectivity index (χ1v) is 8.19. The van der Waals surface area contributed by atoms with Gasteiger partial charge in [-0.2, -0.15) is 13.2 Å². The third-order valence-electron chi connectivity index (χ3n) is 3.85. The SMILES string of the molecule is CCOC(=O)c1c(C)nc(-c2ccc(C(C)(C)C)cc2)nc1C(F)(F)F. The van der Waals surface area contributed by atoms with Crippen LogP contribution in [0.15, 0.2) is 24.3 Å². The van der Waals surface area contributed by atoms with Crippen molar-refractivity contribution in [1.82, 2.24) is 9.97 Å². The Morgan fingerprint density at radius 3 is 2.12 bits per heavy atom. The fraction of sp³-hybridized carbons (Fsp3) is 0.421. The van der Waals surface area contributed by atoms with Crippen LogP contribution >= 0.6 is 0 Å². The van der Waals surface area contributed by atoms with Crippen molar-refractivity contribution in [3.8, 4) is 11.4 Å². The van der Waals surface area contributed by atoms with Crippen LogP contribution in [-0.2, 0) is 16.3 Å². The van der Waals surface area contributed by atoms with Crippen molar-refractivity contribution in [1.29, 1.82) is 0 Å². The van der Waals surface area contributed by atoms with Gasteiger partial charge in [0.15, 0.2) is 11.5 Å². The van der Waals surface area contributed by atoms with E-state index in [4.69, 9.17) is 4.74 Å². The highest BCUT2D eigenvalue weighted by atomic mass is 19.4. The van der Waals surface area contributed by atoms with Crippen LogP contribution in [0, 0.1) is 6.92 Å². The summed E-state index contributed by atoms with van der Waals surface area (Å²) in [5.74, 6) is -1.16. The second kappa shape index (κ2) is 7.05. The molecular formula is C19H21F3N2O2. The van der Waals surface area contributed by atoms with Crippen molar-refractivity contribution < 1.29 is 22.7 Å². The van der Waals surface area contributed by atoms with Crippen LogP contribution in [0.1, 0.15) is 55.0 Å². The summed E-state index contributed by atoms with van der Waals surface area (Å²) >= 11 is 0. The molecule has 0 aliphatic rings. The molecule has 0 saturated heterocycles. The predicted molar refractivity (Wildman–Crippen MR) is 91.9 cm³/mol. The molecular weight excluding hydrogens is 345 g/mol. The highest BCUT2D eigenvalue weighted by Crippen LogP contribution is 2.34. The van der Waals surface area contributed by atoms with Gasteiger partial charge in [-0.3, -0.25) is 0 Å². The summed E-state index contributed by atoms with van der Waals surface area (Å²) in [5, 5.41) is 0. The van der Waals surface area contributed by atoms with Gasteiger partial charge in [0.25, 0.3) is 0 Å². The smallest absolute Gasteiger partial charge is 0.434 e. The summed E-state index contributed by atoms with van der Waals surface area (Å²) in [4.78, 5) is 19.7. The van der Waals surface area contributed by atoms with E-state index >= 15 is 0 Å². The number of aromatic nitrogens is 2. The van der Waals surface area contributed by atoms with Crippen LogP contribution in [0.2, 0.25) is 0 Å². The number of carbonyl (C=O) groups excluding carboxylic acids is 1. The minimum absolute atomic E-state index is 0.0361. The first kappa shape index (κ1) is 19.9. The Hall–Kier alpha value is -2.44. The van der Waals surface area contributed by atoms with Crippen molar-refractivity contribution in [2.45, 2.75) is 46.2 Å². The summed E-state index contributed by atoms with van der Waals surface area (Å²) in [6, 6.07) is 7.03. The summed E-state index contributed by atoms with van der Waals surface area (Å²) in [7, 11) is 0. The number of nitrogens with zero attached hydrogens (tertiary/aromatic N) is 2. The maximum Gasteiger partial charge on any atom is 0.434 e. The molecule has 0 unspecified atom stereocenters. The van der Waals surface area contributed by atoms with Crippen LogP contribution in [0.5, 0.6) is 0 Å². The highest BCUT2D eigenvalue weighted by molar-refractivity contribution is 5.92. The van der Waals surface area contributed by atoms with Crippen molar-refractivity contribution in [2.24, 2.45) is 0 Å². The summed E-state index contributed by atoms with van der Waals surface area (Å²) < 4.78 is 45.1. The number of rotatable bonds is 3. The third kappa shape index (κ3) is 4.20. The molecule has 7 heteroatoms. The van der Waals surface area contributed by atoms with E-state index in [1.807, 2.05) is 32.9 Å². The lowest BCUT2D eigenvalue weighted by atomic mass is 9.86. The Kier molecular flexibility index (Phi) is 5.39. The normalized spacial score (nSPS) is 12.2. The molecule has 1 aromatic heterocycles. The van der Waals surface area contributed by atoms with Gasteiger partial charge in [-0.25, -0.2) is 14.8 Å². The zero-order valence-corrected chi connectivity index (χ0v) is 15.4. The molecule has 0 N–H and O–H groups in total. The summed E-state index contributed by atoms with van der Waals surface area (Å²) in [6.45, 7) is 8.95. The lowest BCUT2D eigenvalue weighted by molar-refractivity contribution is -0.141. The van der Waals surface area contributed by atoms with Crippen molar-refractivity contribution >= 4 is 5.97 Å². The minimum atomic E-state index is -4.80. The zero-order valence-electron chi connectivity index (χ0n) is 15.4. The first-order valence-electron chi connectivity index (χ1n) is 8.19. The van der Waals surface area contributed by atoms with Gasteiger partial charge in [0.1, 0.15) is 5.56 Å². The molecule has 0 radical (unpaired) electrons. The number of esters is 1. The molecule has 0 atom stereocenters. The topological polar surface area (TPSA) is 52.1 Å². The standard InChI is InChI=1S/C19H21F3N2O2/c1-6-26-17(25)14-11(2)23-16(24-15(14)19(20,21)22)12-7-9-13(10-8-12)18(3,4)5/h7-10H,6H2,1-5H3. The largest absolute Gasteiger partial charge is 0.462 e. The van der Waals surface area contributed by atoms with E-state index < -0.39 is 23.4 Å². The summed E-state index contributed by atoms with van der Waals surface area (Å²) in [5.41, 5.74) is -0.590. The van der Waals surface area contributed by atoms with E-state index in [0.29, 0.717) is 5.56 Å². The maximum absolute atomic E-state index is 13.4. The molecule has 0 bridgehead atoms. The average molecular weight is 366 g/mol.